The number of benzene rings is 2. The van der Waals surface area contributed by atoms with Crippen LogP contribution in [0.2, 0.25) is 10.0 Å². The number of aryl methyl sites for hydroxylation is 1. The zero-order valence-electron chi connectivity index (χ0n) is 12.8. The highest BCUT2D eigenvalue weighted by molar-refractivity contribution is 6.34. The molecule has 1 heterocycles. The molecule has 1 atom stereocenters. The van der Waals surface area contributed by atoms with Crippen LogP contribution >= 0.6 is 23.2 Å². The molecule has 0 N–H and O–H groups in total. The summed E-state index contributed by atoms with van der Waals surface area (Å²) >= 11 is 11.9. The lowest BCUT2D eigenvalue weighted by Gasteiger charge is -2.31. The fraction of sp³-hybridized carbons (Fsp3) is 0.278. The van der Waals surface area contributed by atoms with Gasteiger partial charge in [0, 0.05) is 22.2 Å². The molecule has 0 radical (unpaired) electrons. The Hall–Kier alpha value is -1.52. The maximum atomic E-state index is 14.0. The summed E-state index contributed by atoms with van der Waals surface area (Å²) in [6, 6.07) is 11.4. The average Bonchev–Trinajstić information content (AvgIpc) is 2.92. The van der Waals surface area contributed by atoms with Gasteiger partial charge in [-0.3, -0.25) is 4.99 Å². The van der Waals surface area contributed by atoms with Crippen LogP contribution in [0.1, 0.15) is 23.1 Å². The van der Waals surface area contributed by atoms with Crippen LogP contribution in [0.3, 0.4) is 0 Å². The highest BCUT2D eigenvalue weighted by Crippen LogP contribution is 2.48. The predicted molar refractivity (Wildman–Crippen MR) is 91.4 cm³/mol. The summed E-state index contributed by atoms with van der Waals surface area (Å²) in [5.74, 6) is 0. The van der Waals surface area contributed by atoms with Crippen molar-refractivity contribution in [1.82, 2.24) is 0 Å². The fourth-order valence-corrected chi connectivity index (χ4v) is 3.55. The Balaban J connectivity index is 2.05. The molecular weight excluding hydrogens is 358 g/mol. The highest BCUT2D eigenvalue weighted by Gasteiger charge is 2.58. The first-order valence-corrected chi connectivity index (χ1v) is 8.10. The van der Waals surface area contributed by atoms with E-state index < -0.39 is 11.6 Å². The zero-order valence-corrected chi connectivity index (χ0v) is 14.3. The molecule has 0 saturated heterocycles. The molecule has 1 nitrogen and oxygen atoms in total. The number of halogens is 5. The van der Waals surface area contributed by atoms with Crippen LogP contribution in [0.5, 0.6) is 0 Å². The number of hydrogen-bond donors (Lipinski definition) is 0. The van der Waals surface area contributed by atoms with Crippen LogP contribution in [0.25, 0.3) is 0 Å². The largest absolute Gasteiger partial charge is 0.400 e. The van der Waals surface area contributed by atoms with Gasteiger partial charge in [0.2, 0.25) is 0 Å². The molecule has 24 heavy (non-hydrogen) atoms. The molecule has 1 aliphatic heterocycles. The van der Waals surface area contributed by atoms with Crippen molar-refractivity contribution in [3.63, 3.8) is 0 Å². The maximum Gasteiger partial charge on any atom is 0.400 e. The highest BCUT2D eigenvalue weighted by atomic mass is 35.5. The molecule has 2 aromatic carbocycles. The molecule has 1 unspecified atom stereocenters. The molecule has 0 amide bonds. The monoisotopic (exact) mass is 371 g/mol. The van der Waals surface area contributed by atoms with Crippen molar-refractivity contribution in [2.24, 2.45) is 4.99 Å². The molecule has 3 rings (SSSR count). The Kier molecular flexibility index (Phi) is 4.39. The van der Waals surface area contributed by atoms with E-state index in [2.05, 4.69) is 4.99 Å². The number of rotatable bonds is 2. The van der Waals surface area contributed by atoms with Gasteiger partial charge in [0.05, 0.1) is 6.54 Å². The van der Waals surface area contributed by atoms with Crippen molar-refractivity contribution < 1.29 is 13.2 Å². The van der Waals surface area contributed by atoms with Crippen molar-refractivity contribution in [3.05, 3.63) is 69.2 Å². The van der Waals surface area contributed by atoms with Gasteiger partial charge in [-0.2, -0.15) is 13.2 Å². The van der Waals surface area contributed by atoms with Crippen LogP contribution in [-0.2, 0) is 5.41 Å². The minimum absolute atomic E-state index is 0.0545. The Bertz CT molecular complexity index is 794. The van der Waals surface area contributed by atoms with Gasteiger partial charge in [0.15, 0.2) is 0 Å². The van der Waals surface area contributed by atoms with Gasteiger partial charge < -0.3 is 0 Å². The van der Waals surface area contributed by atoms with Gasteiger partial charge in [-0.25, -0.2) is 0 Å². The van der Waals surface area contributed by atoms with E-state index >= 15 is 0 Å². The molecule has 126 valence electrons. The zero-order chi connectivity index (χ0) is 17.5. The van der Waals surface area contributed by atoms with Crippen molar-refractivity contribution in [3.8, 4) is 0 Å². The van der Waals surface area contributed by atoms with E-state index in [0.717, 1.165) is 5.56 Å². The number of alkyl halides is 3. The molecular formula is C18H14Cl2F3N. The summed E-state index contributed by atoms with van der Waals surface area (Å²) in [6.07, 6.45) is -4.69. The van der Waals surface area contributed by atoms with Crippen molar-refractivity contribution >= 4 is 28.9 Å². The average molecular weight is 372 g/mol. The third-order valence-electron chi connectivity index (χ3n) is 4.32. The Morgan fingerprint density at radius 3 is 2.29 bits per heavy atom. The number of nitrogens with zero attached hydrogens (tertiary/aromatic N) is 1. The van der Waals surface area contributed by atoms with Crippen molar-refractivity contribution in [2.75, 3.05) is 6.54 Å². The van der Waals surface area contributed by atoms with Crippen LogP contribution < -0.4 is 0 Å². The van der Waals surface area contributed by atoms with E-state index in [4.69, 9.17) is 23.2 Å². The molecule has 0 aromatic heterocycles. The Morgan fingerprint density at radius 2 is 1.71 bits per heavy atom. The number of hydrogen-bond acceptors (Lipinski definition) is 1. The van der Waals surface area contributed by atoms with E-state index in [1.165, 1.54) is 18.2 Å². The first-order valence-electron chi connectivity index (χ1n) is 7.35. The lowest BCUT2D eigenvalue weighted by molar-refractivity contribution is -0.183. The third kappa shape index (κ3) is 3.05. The summed E-state index contributed by atoms with van der Waals surface area (Å²) in [4.78, 5) is 4.21. The topological polar surface area (TPSA) is 12.4 Å². The van der Waals surface area contributed by atoms with E-state index in [1.807, 2.05) is 25.1 Å². The molecule has 6 heteroatoms. The molecule has 0 spiro atoms. The first-order chi connectivity index (χ1) is 11.2. The van der Waals surface area contributed by atoms with Gasteiger partial charge in [-0.15, -0.1) is 0 Å². The first kappa shape index (κ1) is 17.3. The van der Waals surface area contributed by atoms with Gasteiger partial charge in [-0.1, -0.05) is 53.0 Å². The van der Waals surface area contributed by atoms with E-state index in [9.17, 15) is 13.2 Å². The lowest BCUT2D eigenvalue weighted by Crippen LogP contribution is -2.43. The van der Waals surface area contributed by atoms with Crippen LogP contribution in [0.4, 0.5) is 13.2 Å². The molecule has 0 saturated carbocycles. The summed E-state index contributed by atoms with van der Waals surface area (Å²) in [6.45, 7) is 1.53. The van der Waals surface area contributed by atoms with Gasteiger partial charge >= 0.3 is 6.18 Å². The molecule has 0 aliphatic carbocycles. The Morgan fingerprint density at radius 1 is 1.04 bits per heavy atom. The van der Waals surface area contributed by atoms with E-state index in [1.54, 1.807) is 6.07 Å². The Labute approximate surface area is 148 Å². The fourth-order valence-electron chi connectivity index (χ4n) is 3.02. The quantitative estimate of drug-likeness (QED) is 0.614. The summed E-state index contributed by atoms with van der Waals surface area (Å²) in [5.41, 5.74) is 0.103. The molecule has 0 fully saturated rings. The van der Waals surface area contributed by atoms with Crippen LogP contribution in [-0.4, -0.2) is 18.4 Å². The maximum absolute atomic E-state index is 14.0. The standard InChI is InChI=1S/C18H14Cl2F3N/c1-11-3-2-4-12(5-11)16-9-17(10-24-16,18(21,22)23)13-6-14(19)8-15(20)7-13/h2-8H,9-10H2,1H3. The van der Waals surface area contributed by atoms with E-state index in [0.29, 0.717) is 11.3 Å². The third-order valence-corrected chi connectivity index (χ3v) is 4.75. The smallest absolute Gasteiger partial charge is 0.288 e. The number of aliphatic imine (C=N–C) groups is 1. The minimum atomic E-state index is -4.46. The molecule has 1 aliphatic rings. The van der Waals surface area contributed by atoms with Gasteiger partial charge in [-0.05, 0) is 36.2 Å². The normalized spacial score (nSPS) is 21.0. The van der Waals surface area contributed by atoms with Crippen LogP contribution in [0.15, 0.2) is 47.5 Å². The summed E-state index contributed by atoms with van der Waals surface area (Å²) < 4.78 is 41.9. The molecule has 2 aromatic rings. The van der Waals surface area contributed by atoms with Crippen molar-refractivity contribution in [1.29, 1.82) is 0 Å². The van der Waals surface area contributed by atoms with Gasteiger partial charge in [0.25, 0.3) is 0 Å². The minimum Gasteiger partial charge on any atom is -0.288 e. The second-order valence-corrected chi connectivity index (χ2v) is 6.92. The second kappa shape index (κ2) is 6.08. The van der Waals surface area contributed by atoms with Gasteiger partial charge in [0.1, 0.15) is 5.41 Å². The lowest BCUT2D eigenvalue weighted by atomic mass is 9.76. The summed E-state index contributed by atoms with van der Waals surface area (Å²) in [7, 11) is 0. The van der Waals surface area contributed by atoms with Crippen LogP contribution in [0, 0.1) is 6.92 Å². The molecule has 0 bridgehead atoms. The van der Waals surface area contributed by atoms with Crippen molar-refractivity contribution in [2.45, 2.75) is 24.9 Å². The predicted octanol–water partition coefficient (Wildman–Crippen LogP) is 5.99. The second-order valence-electron chi connectivity index (χ2n) is 6.05. The van der Waals surface area contributed by atoms with E-state index in [-0.39, 0.29) is 28.6 Å². The summed E-state index contributed by atoms with van der Waals surface area (Å²) in [5, 5.41) is 0.371. The SMILES string of the molecule is Cc1cccc(C2=NCC(c3cc(Cl)cc(Cl)c3)(C(F)(F)F)C2)c1.